The molecule has 78 valence electrons. The van der Waals surface area contributed by atoms with Gasteiger partial charge in [-0.1, -0.05) is 11.6 Å². The first-order valence-corrected chi connectivity index (χ1v) is 4.59. The van der Waals surface area contributed by atoms with Crippen molar-refractivity contribution in [2.45, 2.75) is 0 Å². The van der Waals surface area contributed by atoms with Crippen LogP contribution in [0, 0.1) is 0 Å². The molecule has 2 aromatic rings. The number of H-pyrrole nitrogens is 1. The van der Waals surface area contributed by atoms with Crippen molar-refractivity contribution in [2.24, 2.45) is 0 Å². The molecule has 0 aliphatic carbocycles. The van der Waals surface area contributed by atoms with Crippen LogP contribution in [0.15, 0.2) is 18.2 Å². The molecule has 0 spiro atoms. The highest BCUT2D eigenvalue weighted by Crippen LogP contribution is 2.29. The normalized spacial score (nSPS) is 10.5. The molecular weight excluding hydrogens is 218 g/mol. The number of aromatic carboxylic acids is 1. The molecule has 1 aromatic carbocycles. The minimum absolute atomic E-state index is 0.134. The number of carboxylic acids is 1. The van der Waals surface area contributed by atoms with Gasteiger partial charge in [0.25, 0.3) is 0 Å². The standard InChI is InChI=1S/C10H8ClNO3/c1-15-9-3-5-2-8(10(13)14)12-7(5)4-6(9)11/h2-4,12H,1H3,(H,13,14). The van der Waals surface area contributed by atoms with E-state index in [1.54, 1.807) is 12.1 Å². The number of nitrogens with one attached hydrogen (secondary N) is 1. The molecule has 0 radical (unpaired) electrons. The average Bonchev–Trinajstić information content (AvgIpc) is 2.59. The van der Waals surface area contributed by atoms with Gasteiger partial charge in [-0.15, -0.1) is 0 Å². The first kappa shape index (κ1) is 9.86. The lowest BCUT2D eigenvalue weighted by molar-refractivity contribution is 0.0691. The van der Waals surface area contributed by atoms with Crippen molar-refractivity contribution in [2.75, 3.05) is 7.11 Å². The Hall–Kier alpha value is -1.68. The summed E-state index contributed by atoms with van der Waals surface area (Å²) in [6.07, 6.45) is 0. The monoisotopic (exact) mass is 225 g/mol. The van der Waals surface area contributed by atoms with Crippen LogP contribution >= 0.6 is 11.6 Å². The fourth-order valence-electron chi connectivity index (χ4n) is 1.41. The summed E-state index contributed by atoms with van der Waals surface area (Å²) in [6, 6.07) is 4.87. The van der Waals surface area contributed by atoms with E-state index in [2.05, 4.69) is 4.98 Å². The van der Waals surface area contributed by atoms with E-state index >= 15 is 0 Å². The van der Waals surface area contributed by atoms with E-state index in [0.29, 0.717) is 16.3 Å². The van der Waals surface area contributed by atoms with E-state index < -0.39 is 5.97 Å². The van der Waals surface area contributed by atoms with Crippen LogP contribution in [0.25, 0.3) is 10.9 Å². The van der Waals surface area contributed by atoms with Gasteiger partial charge in [0, 0.05) is 10.9 Å². The molecule has 2 rings (SSSR count). The van der Waals surface area contributed by atoms with Crippen molar-refractivity contribution >= 4 is 28.5 Å². The predicted octanol–water partition coefficient (Wildman–Crippen LogP) is 2.53. The summed E-state index contributed by atoms with van der Waals surface area (Å²) in [5, 5.41) is 9.99. The summed E-state index contributed by atoms with van der Waals surface area (Å²) in [6.45, 7) is 0. The molecule has 0 amide bonds. The van der Waals surface area contributed by atoms with Gasteiger partial charge in [0.15, 0.2) is 0 Å². The fourth-order valence-corrected chi connectivity index (χ4v) is 1.65. The summed E-state index contributed by atoms with van der Waals surface area (Å²) < 4.78 is 5.03. The second-order valence-electron chi connectivity index (χ2n) is 3.06. The highest BCUT2D eigenvalue weighted by Gasteiger charge is 2.10. The molecule has 5 heteroatoms. The lowest BCUT2D eigenvalue weighted by Gasteiger charge is -2.01. The highest BCUT2D eigenvalue weighted by molar-refractivity contribution is 6.32. The zero-order valence-electron chi connectivity index (χ0n) is 7.87. The number of aromatic amines is 1. The van der Waals surface area contributed by atoms with Gasteiger partial charge < -0.3 is 14.8 Å². The number of benzene rings is 1. The number of halogens is 1. The quantitative estimate of drug-likeness (QED) is 0.826. The molecule has 15 heavy (non-hydrogen) atoms. The number of carbonyl (C=O) groups is 1. The van der Waals surface area contributed by atoms with Crippen LogP contribution in [0.2, 0.25) is 5.02 Å². The van der Waals surface area contributed by atoms with Gasteiger partial charge in [0.05, 0.1) is 12.1 Å². The van der Waals surface area contributed by atoms with Crippen LogP contribution < -0.4 is 4.74 Å². The lowest BCUT2D eigenvalue weighted by atomic mass is 10.2. The Morgan fingerprint density at radius 3 is 2.80 bits per heavy atom. The molecule has 0 atom stereocenters. The van der Waals surface area contributed by atoms with Crippen molar-refractivity contribution in [1.82, 2.24) is 4.98 Å². The number of methoxy groups -OCH3 is 1. The third kappa shape index (κ3) is 1.64. The topological polar surface area (TPSA) is 62.3 Å². The molecule has 0 saturated carbocycles. The van der Waals surface area contributed by atoms with E-state index in [1.807, 2.05) is 0 Å². The number of carboxylic acid groups (broad SMARTS) is 1. The Morgan fingerprint density at radius 2 is 2.20 bits per heavy atom. The summed E-state index contributed by atoms with van der Waals surface area (Å²) in [4.78, 5) is 13.5. The largest absolute Gasteiger partial charge is 0.495 e. The predicted molar refractivity (Wildman–Crippen MR) is 56.8 cm³/mol. The Bertz CT molecular complexity index is 533. The molecule has 2 N–H and O–H groups in total. The van der Waals surface area contributed by atoms with Crippen LogP contribution in [0.3, 0.4) is 0 Å². The van der Waals surface area contributed by atoms with Crippen LogP contribution in [-0.4, -0.2) is 23.2 Å². The Balaban J connectivity index is 2.66. The maximum absolute atomic E-state index is 10.7. The van der Waals surface area contributed by atoms with Crippen LogP contribution in [-0.2, 0) is 0 Å². The minimum atomic E-state index is -0.999. The van der Waals surface area contributed by atoms with Gasteiger partial charge in [-0.25, -0.2) is 4.79 Å². The van der Waals surface area contributed by atoms with Gasteiger partial charge in [-0.3, -0.25) is 0 Å². The van der Waals surface area contributed by atoms with Crippen molar-refractivity contribution in [3.8, 4) is 5.75 Å². The number of fused-ring (bicyclic) bond motifs is 1. The maximum atomic E-state index is 10.7. The van der Waals surface area contributed by atoms with E-state index in [1.165, 1.54) is 13.2 Å². The zero-order valence-corrected chi connectivity index (χ0v) is 8.63. The number of hydrogen-bond acceptors (Lipinski definition) is 2. The van der Waals surface area contributed by atoms with Crippen LogP contribution in [0.5, 0.6) is 5.75 Å². The lowest BCUT2D eigenvalue weighted by Crippen LogP contribution is -1.94. The number of ether oxygens (including phenoxy) is 1. The van der Waals surface area contributed by atoms with Crippen molar-refractivity contribution in [3.05, 3.63) is 28.9 Å². The molecule has 4 nitrogen and oxygen atoms in total. The van der Waals surface area contributed by atoms with Gasteiger partial charge in [-0.2, -0.15) is 0 Å². The molecule has 0 saturated heterocycles. The van der Waals surface area contributed by atoms with Gasteiger partial charge in [-0.05, 0) is 18.2 Å². The Labute approximate surface area is 90.4 Å². The van der Waals surface area contributed by atoms with Crippen LogP contribution in [0.4, 0.5) is 0 Å². The summed E-state index contributed by atoms with van der Waals surface area (Å²) in [7, 11) is 1.51. The van der Waals surface area contributed by atoms with Crippen LogP contribution in [0.1, 0.15) is 10.5 Å². The molecule has 0 fully saturated rings. The molecule has 1 heterocycles. The number of rotatable bonds is 2. The third-order valence-electron chi connectivity index (χ3n) is 2.12. The van der Waals surface area contributed by atoms with Crippen molar-refractivity contribution in [1.29, 1.82) is 0 Å². The van der Waals surface area contributed by atoms with Gasteiger partial charge in [0.1, 0.15) is 11.4 Å². The second-order valence-corrected chi connectivity index (χ2v) is 3.47. The van der Waals surface area contributed by atoms with Crippen molar-refractivity contribution in [3.63, 3.8) is 0 Å². The molecule has 0 aliphatic heterocycles. The van der Waals surface area contributed by atoms with E-state index in [-0.39, 0.29) is 5.69 Å². The molecule has 0 bridgehead atoms. The first-order chi connectivity index (χ1) is 7.11. The van der Waals surface area contributed by atoms with E-state index in [9.17, 15) is 4.79 Å². The number of hydrogen-bond donors (Lipinski definition) is 2. The maximum Gasteiger partial charge on any atom is 0.352 e. The van der Waals surface area contributed by atoms with Crippen molar-refractivity contribution < 1.29 is 14.6 Å². The summed E-state index contributed by atoms with van der Waals surface area (Å²) >= 11 is 5.90. The zero-order chi connectivity index (χ0) is 11.0. The van der Waals surface area contributed by atoms with Gasteiger partial charge in [0.2, 0.25) is 0 Å². The molecule has 0 aliphatic rings. The minimum Gasteiger partial charge on any atom is -0.495 e. The molecule has 1 aromatic heterocycles. The third-order valence-corrected chi connectivity index (χ3v) is 2.42. The molecule has 0 unspecified atom stereocenters. The first-order valence-electron chi connectivity index (χ1n) is 4.21. The number of aromatic nitrogens is 1. The average molecular weight is 226 g/mol. The van der Waals surface area contributed by atoms with E-state index in [0.717, 1.165) is 5.39 Å². The fraction of sp³-hybridized carbons (Fsp3) is 0.100. The second kappa shape index (κ2) is 3.47. The SMILES string of the molecule is COc1cc2cc(C(=O)O)[nH]c2cc1Cl. The van der Waals surface area contributed by atoms with Gasteiger partial charge >= 0.3 is 5.97 Å². The summed E-state index contributed by atoms with van der Waals surface area (Å²) in [5.74, 6) is -0.471. The Morgan fingerprint density at radius 1 is 1.47 bits per heavy atom. The van der Waals surface area contributed by atoms with E-state index in [4.69, 9.17) is 21.4 Å². The molecular formula is C10H8ClNO3. The summed E-state index contributed by atoms with van der Waals surface area (Å²) in [5.41, 5.74) is 0.813. The Kier molecular flexibility index (Phi) is 2.28. The highest BCUT2D eigenvalue weighted by atomic mass is 35.5. The smallest absolute Gasteiger partial charge is 0.352 e.